The molecule has 0 aliphatic carbocycles. The minimum Gasteiger partial charge on any atom is -0.478 e. The maximum atomic E-state index is 10.9. The highest BCUT2D eigenvalue weighted by Gasteiger charge is 2.08. The van der Waals surface area contributed by atoms with Gasteiger partial charge in [0.05, 0.1) is 16.9 Å². The highest BCUT2D eigenvalue weighted by atomic mass is 35.5. The molecule has 19 heavy (non-hydrogen) atoms. The Morgan fingerprint density at radius 2 is 2.00 bits per heavy atom. The monoisotopic (exact) mass is 276 g/mol. The first-order chi connectivity index (χ1) is 8.99. The smallest absolute Gasteiger partial charge is 0.335 e. The first-order valence-corrected chi connectivity index (χ1v) is 6.02. The van der Waals surface area contributed by atoms with Gasteiger partial charge >= 0.3 is 5.97 Å². The van der Waals surface area contributed by atoms with Crippen LogP contribution in [0.5, 0.6) is 0 Å². The van der Waals surface area contributed by atoms with E-state index in [0.29, 0.717) is 16.4 Å². The fourth-order valence-corrected chi connectivity index (χ4v) is 1.86. The number of nitrogen functional groups attached to an aromatic ring is 1. The van der Waals surface area contributed by atoms with Gasteiger partial charge in [-0.15, -0.1) is 0 Å². The molecule has 5 heteroatoms. The summed E-state index contributed by atoms with van der Waals surface area (Å²) in [5.41, 5.74) is 8.71. The van der Waals surface area contributed by atoms with Crippen molar-refractivity contribution in [2.75, 3.05) is 11.1 Å². The molecular weight excluding hydrogens is 264 g/mol. The van der Waals surface area contributed by atoms with Crippen molar-refractivity contribution in [1.29, 1.82) is 0 Å². The lowest BCUT2D eigenvalue weighted by Crippen LogP contribution is -2.02. The van der Waals surface area contributed by atoms with Crippen LogP contribution in [0.4, 0.5) is 17.1 Å². The maximum absolute atomic E-state index is 10.9. The Labute approximate surface area is 115 Å². The summed E-state index contributed by atoms with van der Waals surface area (Å²) in [5.74, 6) is -0.995. The Morgan fingerprint density at radius 1 is 1.26 bits per heavy atom. The molecular formula is C14H13ClN2O2. The lowest BCUT2D eigenvalue weighted by Gasteiger charge is -2.13. The summed E-state index contributed by atoms with van der Waals surface area (Å²) in [7, 11) is 0. The third-order valence-corrected chi connectivity index (χ3v) is 3.25. The Bertz CT molecular complexity index is 641. The number of hydrogen-bond acceptors (Lipinski definition) is 3. The van der Waals surface area contributed by atoms with Crippen molar-refractivity contribution >= 4 is 34.6 Å². The molecule has 0 amide bonds. The van der Waals surface area contributed by atoms with Gasteiger partial charge in [0.2, 0.25) is 0 Å². The lowest BCUT2D eigenvalue weighted by atomic mass is 10.1. The molecule has 0 radical (unpaired) electrons. The second-order valence-electron chi connectivity index (χ2n) is 4.14. The molecule has 0 fully saturated rings. The molecule has 0 aliphatic rings. The van der Waals surface area contributed by atoms with Gasteiger partial charge in [-0.2, -0.15) is 0 Å². The number of carbonyl (C=O) groups is 1. The molecule has 0 atom stereocenters. The number of benzene rings is 2. The summed E-state index contributed by atoms with van der Waals surface area (Å²) in [5, 5.41) is 12.7. The average molecular weight is 277 g/mol. The SMILES string of the molecule is Cc1c(Cl)cccc1Nc1cc(C(=O)O)ccc1N. The Morgan fingerprint density at radius 3 is 2.68 bits per heavy atom. The number of halogens is 1. The van der Waals surface area contributed by atoms with Crippen LogP contribution < -0.4 is 11.1 Å². The maximum Gasteiger partial charge on any atom is 0.335 e. The van der Waals surface area contributed by atoms with Crippen LogP contribution >= 0.6 is 11.6 Å². The predicted octanol–water partition coefficient (Wildman–Crippen LogP) is 3.67. The van der Waals surface area contributed by atoms with Gasteiger partial charge in [0.15, 0.2) is 0 Å². The predicted molar refractivity (Wildman–Crippen MR) is 77.3 cm³/mol. The molecule has 0 saturated carbocycles. The topological polar surface area (TPSA) is 75.3 Å². The van der Waals surface area contributed by atoms with Crippen LogP contribution in [0.2, 0.25) is 5.02 Å². The quantitative estimate of drug-likeness (QED) is 0.748. The summed E-state index contributed by atoms with van der Waals surface area (Å²) in [6.45, 7) is 1.88. The molecule has 0 spiro atoms. The number of rotatable bonds is 3. The van der Waals surface area contributed by atoms with Crippen molar-refractivity contribution < 1.29 is 9.90 Å². The Kier molecular flexibility index (Phi) is 3.62. The van der Waals surface area contributed by atoms with E-state index in [1.807, 2.05) is 19.1 Å². The molecule has 0 bridgehead atoms. The Balaban J connectivity index is 2.40. The molecule has 0 aliphatic heterocycles. The standard InChI is InChI=1S/C14H13ClN2O2/c1-8-10(15)3-2-4-12(8)17-13-7-9(14(18)19)5-6-11(13)16/h2-7,17H,16H2,1H3,(H,18,19). The van der Waals surface area contributed by atoms with Crippen LogP contribution in [0.15, 0.2) is 36.4 Å². The third-order valence-electron chi connectivity index (χ3n) is 2.84. The molecule has 0 saturated heterocycles. The summed E-state index contributed by atoms with van der Waals surface area (Å²) in [6.07, 6.45) is 0. The lowest BCUT2D eigenvalue weighted by molar-refractivity contribution is 0.0697. The van der Waals surface area contributed by atoms with Crippen LogP contribution in [0.1, 0.15) is 15.9 Å². The largest absolute Gasteiger partial charge is 0.478 e. The van der Waals surface area contributed by atoms with E-state index in [1.165, 1.54) is 12.1 Å². The van der Waals surface area contributed by atoms with E-state index in [-0.39, 0.29) is 5.56 Å². The van der Waals surface area contributed by atoms with Crippen LogP contribution in [-0.4, -0.2) is 11.1 Å². The van der Waals surface area contributed by atoms with Crippen molar-refractivity contribution in [1.82, 2.24) is 0 Å². The van der Waals surface area contributed by atoms with Crippen molar-refractivity contribution in [3.8, 4) is 0 Å². The summed E-state index contributed by atoms with van der Waals surface area (Å²) in [4.78, 5) is 10.9. The fraction of sp³-hybridized carbons (Fsp3) is 0.0714. The zero-order valence-electron chi connectivity index (χ0n) is 10.3. The van der Waals surface area contributed by atoms with Crippen LogP contribution in [-0.2, 0) is 0 Å². The molecule has 4 N–H and O–H groups in total. The zero-order valence-corrected chi connectivity index (χ0v) is 11.0. The molecule has 2 rings (SSSR count). The van der Waals surface area contributed by atoms with Gasteiger partial charge in [0.25, 0.3) is 0 Å². The van der Waals surface area contributed by atoms with Crippen LogP contribution in [0.25, 0.3) is 0 Å². The van der Waals surface area contributed by atoms with E-state index in [9.17, 15) is 4.79 Å². The summed E-state index contributed by atoms with van der Waals surface area (Å²) >= 11 is 6.04. The molecule has 0 aromatic heterocycles. The number of nitrogens with one attached hydrogen (secondary N) is 1. The number of carboxylic acids is 1. The van der Waals surface area contributed by atoms with Gasteiger partial charge in [-0.1, -0.05) is 17.7 Å². The van der Waals surface area contributed by atoms with Gasteiger partial charge < -0.3 is 16.2 Å². The number of hydrogen-bond donors (Lipinski definition) is 3. The van der Waals surface area contributed by atoms with Gasteiger partial charge in [0.1, 0.15) is 0 Å². The zero-order chi connectivity index (χ0) is 14.0. The second kappa shape index (κ2) is 5.20. The third kappa shape index (κ3) is 2.80. The minimum absolute atomic E-state index is 0.177. The number of anilines is 3. The molecule has 2 aromatic rings. The highest BCUT2D eigenvalue weighted by Crippen LogP contribution is 2.29. The van der Waals surface area contributed by atoms with Gasteiger partial charge in [-0.05, 0) is 42.8 Å². The molecule has 98 valence electrons. The average Bonchev–Trinajstić information content (AvgIpc) is 2.37. The van der Waals surface area contributed by atoms with E-state index < -0.39 is 5.97 Å². The van der Waals surface area contributed by atoms with E-state index in [4.69, 9.17) is 22.4 Å². The van der Waals surface area contributed by atoms with E-state index in [2.05, 4.69) is 5.32 Å². The van der Waals surface area contributed by atoms with Gasteiger partial charge in [-0.25, -0.2) is 4.79 Å². The normalized spacial score (nSPS) is 10.2. The van der Waals surface area contributed by atoms with Crippen molar-refractivity contribution in [3.63, 3.8) is 0 Å². The summed E-state index contributed by atoms with van der Waals surface area (Å²) < 4.78 is 0. The number of nitrogens with two attached hydrogens (primary N) is 1. The van der Waals surface area contributed by atoms with Crippen LogP contribution in [0.3, 0.4) is 0 Å². The van der Waals surface area contributed by atoms with Gasteiger partial charge in [-0.3, -0.25) is 0 Å². The fourth-order valence-electron chi connectivity index (χ4n) is 1.69. The Hall–Kier alpha value is -2.20. The number of carboxylic acid groups (broad SMARTS) is 1. The summed E-state index contributed by atoms with van der Waals surface area (Å²) in [6, 6.07) is 9.99. The second-order valence-corrected chi connectivity index (χ2v) is 4.55. The van der Waals surface area contributed by atoms with Crippen LogP contribution in [0, 0.1) is 6.92 Å². The van der Waals surface area contributed by atoms with E-state index in [1.54, 1.807) is 12.1 Å². The van der Waals surface area contributed by atoms with Gasteiger partial charge in [0, 0.05) is 10.7 Å². The molecule has 0 heterocycles. The number of aromatic carboxylic acids is 1. The minimum atomic E-state index is -0.995. The first-order valence-electron chi connectivity index (χ1n) is 5.64. The van der Waals surface area contributed by atoms with E-state index in [0.717, 1.165) is 11.3 Å². The first kappa shape index (κ1) is 13.2. The van der Waals surface area contributed by atoms with Crippen molar-refractivity contribution in [2.45, 2.75) is 6.92 Å². The molecule has 0 unspecified atom stereocenters. The molecule has 2 aromatic carbocycles. The van der Waals surface area contributed by atoms with Crippen molar-refractivity contribution in [2.24, 2.45) is 0 Å². The van der Waals surface area contributed by atoms with Crippen molar-refractivity contribution in [3.05, 3.63) is 52.5 Å². The highest BCUT2D eigenvalue weighted by molar-refractivity contribution is 6.31. The molecule has 4 nitrogen and oxygen atoms in total. The van der Waals surface area contributed by atoms with E-state index >= 15 is 0 Å².